The van der Waals surface area contributed by atoms with E-state index in [1.165, 1.54) is 0 Å². The van der Waals surface area contributed by atoms with Crippen LogP contribution in [0.25, 0.3) is 0 Å². The molecule has 1 aromatic carbocycles. The van der Waals surface area contributed by atoms with Crippen LogP contribution >= 0.6 is 0 Å². The maximum Gasteiger partial charge on any atom is 0.410 e. The summed E-state index contributed by atoms with van der Waals surface area (Å²) in [5.41, 5.74) is 1.45. The minimum Gasteiger partial charge on any atom is -0.481 e. The Balaban J connectivity index is 1.69. The monoisotopic (exact) mass is 388 g/mol. The number of para-hydroxylation sites is 1. The van der Waals surface area contributed by atoms with Gasteiger partial charge in [-0.3, -0.25) is 4.79 Å². The molecule has 0 bridgehead atoms. The van der Waals surface area contributed by atoms with E-state index in [-0.39, 0.29) is 18.2 Å². The van der Waals surface area contributed by atoms with Gasteiger partial charge in [0, 0.05) is 30.9 Å². The van der Waals surface area contributed by atoms with E-state index in [4.69, 9.17) is 4.74 Å². The lowest BCUT2D eigenvalue weighted by molar-refractivity contribution is -0.139. The van der Waals surface area contributed by atoms with Crippen LogP contribution in [-0.2, 0) is 9.53 Å². The lowest BCUT2D eigenvalue weighted by Crippen LogP contribution is -2.49. The third-order valence-electron chi connectivity index (χ3n) is 6.05. The summed E-state index contributed by atoms with van der Waals surface area (Å²) in [5, 5.41) is 9.74. The maximum absolute atomic E-state index is 12.3. The number of carboxylic acid groups (broad SMARTS) is 1. The number of fused-ring (bicyclic) bond motifs is 1. The van der Waals surface area contributed by atoms with Crippen molar-refractivity contribution in [1.29, 1.82) is 0 Å². The van der Waals surface area contributed by atoms with Gasteiger partial charge in [-0.1, -0.05) is 18.2 Å². The number of likely N-dealkylation sites (tertiary alicyclic amines) is 1. The molecule has 6 nitrogen and oxygen atoms in total. The number of rotatable bonds is 3. The van der Waals surface area contributed by atoms with Gasteiger partial charge in [0.2, 0.25) is 0 Å². The highest BCUT2D eigenvalue weighted by atomic mass is 16.6. The van der Waals surface area contributed by atoms with Gasteiger partial charge in [-0.05, 0) is 65.0 Å². The highest BCUT2D eigenvalue weighted by Crippen LogP contribution is 2.44. The number of hydrogen-bond donors (Lipinski definition) is 1. The van der Waals surface area contributed by atoms with Crippen molar-refractivity contribution >= 4 is 17.7 Å². The number of nitrogens with zero attached hydrogens (tertiary/aromatic N) is 2. The Hall–Kier alpha value is -2.24. The van der Waals surface area contributed by atoms with Gasteiger partial charge in [0.05, 0.1) is 0 Å². The molecule has 1 aromatic rings. The number of aliphatic carboxylic acids is 1. The summed E-state index contributed by atoms with van der Waals surface area (Å²) in [4.78, 5) is 28.2. The molecule has 1 N–H and O–H groups in total. The topological polar surface area (TPSA) is 70.1 Å². The highest BCUT2D eigenvalue weighted by molar-refractivity contribution is 5.84. The van der Waals surface area contributed by atoms with Gasteiger partial charge in [-0.2, -0.15) is 0 Å². The molecule has 0 spiro atoms. The van der Waals surface area contributed by atoms with Crippen LogP contribution in [-0.4, -0.2) is 52.8 Å². The first-order chi connectivity index (χ1) is 13.1. The molecule has 0 aliphatic carbocycles. The van der Waals surface area contributed by atoms with E-state index in [9.17, 15) is 14.7 Å². The molecule has 3 unspecified atom stereocenters. The van der Waals surface area contributed by atoms with Crippen LogP contribution in [0.15, 0.2) is 24.3 Å². The highest BCUT2D eigenvalue weighted by Gasteiger charge is 2.43. The normalized spacial score (nSPS) is 24.0. The summed E-state index contributed by atoms with van der Waals surface area (Å²) in [6.45, 7) is 11.2. The lowest BCUT2D eigenvalue weighted by Gasteiger charge is -2.41. The number of carbonyl (C=O) groups excluding carboxylic acids is 1. The number of hydrogen-bond acceptors (Lipinski definition) is 4. The minimum absolute atomic E-state index is 0.0891. The fourth-order valence-electron chi connectivity index (χ4n) is 4.67. The zero-order valence-electron chi connectivity index (χ0n) is 17.5. The van der Waals surface area contributed by atoms with Gasteiger partial charge in [0.15, 0.2) is 0 Å². The summed E-state index contributed by atoms with van der Waals surface area (Å²) in [6, 6.07) is 7.97. The Morgan fingerprint density at radius 3 is 2.36 bits per heavy atom. The zero-order chi connectivity index (χ0) is 20.6. The van der Waals surface area contributed by atoms with Crippen molar-refractivity contribution < 1.29 is 19.4 Å². The molecule has 0 saturated carbocycles. The first-order valence-corrected chi connectivity index (χ1v) is 10.2. The molecule has 1 amide bonds. The van der Waals surface area contributed by atoms with E-state index in [2.05, 4.69) is 11.8 Å². The second kappa shape index (κ2) is 7.64. The number of benzene rings is 1. The second-order valence-corrected chi connectivity index (χ2v) is 9.07. The van der Waals surface area contributed by atoms with Crippen LogP contribution in [0, 0.1) is 5.92 Å². The van der Waals surface area contributed by atoms with E-state index in [1.807, 2.05) is 52.0 Å². The molecule has 28 heavy (non-hydrogen) atoms. The van der Waals surface area contributed by atoms with Crippen molar-refractivity contribution in [2.24, 2.45) is 5.92 Å². The summed E-state index contributed by atoms with van der Waals surface area (Å²) in [6.07, 6.45) is 1.54. The van der Waals surface area contributed by atoms with Crippen molar-refractivity contribution in [2.75, 3.05) is 18.0 Å². The first-order valence-electron chi connectivity index (χ1n) is 10.2. The van der Waals surface area contributed by atoms with E-state index in [1.54, 1.807) is 4.90 Å². The molecule has 3 rings (SSSR count). The number of ether oxygens (including phenoxy) is 1. The second-order valence-electron chi connectivity index (χ2n) is 9.07. The molecule has 2 aliphatic heterocycles. The van der Waals surface area contributed by atoms with Gasteiger partial charge >= 0.3 is 12.1 Å². The van der Waals surface area contributed by atoms with E-state index < -0.39 is 17.5 Å². The van der Waals surface area contributed by atoms with Crippen molar-refractivity contribution in [1.82, 2.24) is 4.90 Å². The molecular weight excluding hydrogens is 356 g/mol. The summed E-state index contributed by atoms with van der Waals surface area (Å²) < 4.78 is 5.49. The fraction of sp³-hybridized carbons (Fsp3) is 0.636. The molecule has 0 radical (unpaired) electrons. The van der Waals surface area contributed by atoms with E-state index in [0.29, 0.717) is 19.0 Å². The number of carboxylic acids is 1. The average molecular weight is 389 g/mol. The third-order valence-corrected chi connectivity index (χ3v) is 6.05. The predicted octanol–water partition coefficient (Wildman–Crippen LogP) is 4.10. The number of piperidine rings is 1. The Morgan fingerprint density at radius 1 is 1.18 bits per heavy atom. The van der Waals surface area contributed by atoms with E-state index in [0.717, 1.165) is 24.1 Å². The molecule has 1 fully saturated rings. The Labute approximate surface area is 167 Å². The predicted molar refractivity (Wildman–Crippen MR) is 109 cm³/mol. The number of anilines is 1. The van der Waals surface area contributed by atoms with Gasteiger partial charge in [-0.25, -0.2) is 4.79 Å². The summed E-state index contributed by atoms with van der Waals surface area (Å²) in [5.74, 6) is -0.864. The molecule has 3 atom stereocenters. The quantitative estimate of drug-likeness (QED) is 0.844. The van der Waals surface area contributed by atoms with Crippen LogP contribution in [0.1, 0.15) is 58.9 Å². The summed E-state index contributed by atoms with van der Waals surface area (Å²) in [7, 11) is 0. The SMILES string of the molecule is CC(C1CCN(C(=O)OC(C)(C)C)CC1)N1c2ccccc2C(C(=O)O)C1C. The molecule has 2 aliphatic rings. The minimum atomic E-state index is -0.769. The van der Waals surface area contributed by atoms with Gasteiger partial charge in [-0.15, -0.1) is 0 Å². The van der Waals surface area contributed by atoms with E-state index >= 15 is 0 Å². The molecule has 0 aromatic heterocycles. The molecule has 2 heterocycles. The molecule has 1 saturated heterocycles. The third kappa shape index (κ3) is 3.96. The Kier molecular flexibility index (Phi) is 5.60. The maximum atomic E-state index is 12.3. The fourth-order valence-corrected chi connectivity index (χ4v) is 4.67. The van der Waals surface area contributed by atoms with Crippen molar-refractivity contribution in [2.45, 2.75) is 71.1 Å². The standard InChI is InChI=1S/C22H32N2O4/c1-14(16-10-12-23(13-11-16)21(27)28-22(3,4)5)24-15(2)19(20(25)26)17-8-6-7-9-18(17)24/h6-9,14-16,19H,10-13H2,1-5H3,(H,25,26). The average Bonchev–Trinajstić information content (AvgIpc) is 2.91. The van der Waals surface area contributed by atoms with Crippen LogP contribution in [0.4, 0.5) is 10.5 Å². The zero-order valence-corrected chi connectivity index (χ0v) is 17.5. The van der Waals surface area contributed by atoms with Crippen LogP contribution in [0.5, 0.6) is 0 Å². The van der Waals surface area contributed by atoms with Gasteiger partial charge in [0.1, 0.15) is 11.5 Å². The van der Waals surface area contributed by atoms with Crippen LogP contribution < -0.4 is 4.90 Å². The largest absolute Gasteiger partial charge is 0.481 e. The van der Waals surface area contributed by atoms with Gasteiger partial charge in [0.25, 0.3) is 0 Å². The summed E-state index contributed by atoms with van der Waals surface area (Å²) >= 11 is 0. The van der Waals surface area contributed by atoms with Crippen LogP contribution in [0.2, 0.25) is 0 Å². The van der Waals surface area contributed by atoms with Crippen molar-refractivity contribution in [3.05, 3.63) is 29.8 Å². The van der Waals surface area contributed by atoms with Gasteiger partial charge < -0.3 is 19.6 Å². The molecular formula is C22H32N2O4. The van der Waals surface area contributed by atoms with Crippen LogP contribution in [0.3, 0.4) is 0 Å². The smallest absolute Gasteiger partial charge is 0.410 e. The number of carbonyl (C=O) groups is 2. The first kappa shape index (κ1) is 20.5. The van der Waals surface area contributed by atoms with Crippen molar-refractivity contribution in [3.63, 3.8) is 0 Å². The lowest BCUT2D eigenvalue weighted by atomic mass is 9.88. The molecule has 154 valence electrons. The Bertz CT molecular complexity index is 734. The number of amides is 1. The van der Waals surface area contributed by atoms with Crippen molar-refractivity contribution in [3.8, 4) is 0 Å². The Morgan fingerprint density at radius 2 is 1.79 bits per heavy atom. The molecule has 6 heteroatoms.